The van der Waals surface area contributed by atoms with Gasteiger partial charge in [-0.3, -0.25) is 9.48 Å². The monoisotopic (exact) mass is 343 g/mol. The van der Waals surface area contributed by atoms with Gasteiger partial charge in [-0.15, -0.1) is 0 Å². The number of anilines is 1. The molecular formula is C17H17N3O5. The minimum Gasteiger partial charge on any atom is -0.464 e. The molecule has 25 heavy (non-hydrogen) atoms. The maximum atomic E-state index is 12.2. The fourth-order valence-corrected chi connectivity index (χ4v) is 2.49. The first kappa shape index (κ1) is 16.6. The number of methoxy groups -OCH3 is 1. The van der Waals surface area contributed by atoms with Crippen molar-refractivity contribution in [3.8, 4) is 11.5 Å². The van der Waals surface area contributed by atoms with Crippen molar-refractivity contribution in [1.29, 1.82) is 0 Å². The first-order valence-corrected chi connectivity index (χ1v) is 7.50. The minimum absolute atomic E-state index is 0.185. The molecule has 0 bridgehead atoms. The van der Waals surface area contributed by atoms with E-state index < -0.39 is 5.97 Å². The molecule has 130 valence electrons. The summed E-state index contributed by atoms with van der Waals surface area (Å²) in [4.78, 5) is 24.1. The summed E-state index contributed by atoms with van der Waals surface area (Å²) in [5.74, 6) is 0.353. The summed E-state index contributed by atoms with van der Waals surface area (Å²) in [5.41, 5.74) is 1.82. The van der Waals surface area contributed by atoms with E-state index in [-0.39, 0.29) is 18.4 Å². The van der Waals surface area contributed by atoms with Crippen LogP contribution in [0.4, 0.5) is 5.69 Å². The van der Waals surface area contributed by atoms with Crippen LogP contribution in [-0.4, -0.2) is 35.6 Å². The molecule has 2 heterocycles. The SMILES string of the molecule is COC(=O)c1c(NC(=O)/C=C/c2ccc3c(c2)OCO3)c(C)nn1C. The van der Waals surface area contributed by atoms with Gasteiger partial charge < -0.3 is 19.5 Å². The van der Waals surface area contributed by atoms with E-state index in [1.165, 1.54) is 17.9 Å². The molecule has 0 radical (unpaired) electrons. The minimum atomic E-state index is -0.571. The Hall–Kier alpha value is -3.29. The fourth-order valence-electron chi connectivity index (χ4n) is 2.49. The van der Waals surface area contributed by atoms with E-state index >= 15 is 0 Å². The number of nitrogens with zero attached hydrogens (tertiary/aromatic N) is 2. The Labute approximate surface area is 144 Å². The quantitative estimate of drug-likeness (QED) is 0.673. The number of carbonyl (C=O) groups excluding carboxylic acids is 2. The van der Waals surface area contributed by atoms with Crippen molar-refractivity contribution in [2.24, 2.45) is 7.05 Å². The summed E-state index contributed by atoms with van der Waals surface area (Å²) in [5, 5.41) is 6.81. The summed E-state index contributed by atoms with van der Waals surface area (Å²) in [6.07, 6.45) is 3.01. The zero-order chi connectivity index (χ0) is 18.0. The predicted molar refractivity (Wildman–Crippen MR) is 89.5 cm³/mol. The number of nitrogens with one attached hydrogen (secondary N) is 1. The highest BCUT2D eigenvalue weighted by atomic mass is 16.7. The molecule has 2 aromatic rings. The molecule has 1 aliphatic rings. The molecule has 0 unspecified atom stereocenters. The molecule has 0 spiro atoms. The standard InChI is InChI=1S/C17H17N3O5/c1-10-15(16(17(22)23-3)20(2)19-10)18-14(21)7-5-11-4-6-12-13(8-11)25-9-24-12/h4-8H,9H2,1-3H3,(H,18,21)/b7-5+. The highest BCUT2D eigenvalue weighted by Crippen LogP contribution is 2.32. The van der Waals surface area contributed by atoms with E-state index in [0.29, 0.717) is 22.9 Å². The van der Waals surface area contributed by atoms with Crippen LogP contribution < -0.4 is 14.8 Å². The van der Waals surface area contributed by atoms with Crippen LogP contribution in [0.2, 0.25) is 0 Å². The van der Waals surface area contributed by atoms with Gasteiger partial charge in [0.1, 0.15) is 0 Å². The summed E-state index contributed by atoms with van der Waals surface area (Å²) < 4.78 is 16.6. The van der Waals surface area contributed by atoms with Crippen molar-refractivity contribution in [2.45, 2.75) is 6.92 Å². The van der Waals surface area contributed by atoms with Crippen molar-refractivity contribution in [1.82, 2.24) is 9.78 Å². The molecule has 0 atom stereocenters. The van der Waals surface area contributed by atoms with Crippen molar-refractivity contribution >= 4 is 23.6 Å². The van der Waals surface area contributed by atoms with Gasteiger partial charge in [0.05, 0.1) is 18.5 Å². The van der Waals surface area contributed by atoms with E-state index in [9.17, 15) is 9.59 Å². The molecule has 0 fully saturated rings. The number of fused-ring (bicyclic) bond motifs is 1. The van der Waals surface area contributed by atoms with Crippen LogP contribution in [0.1, 0.15) is 21.7 Å². The molecule has 1 aliphatic heterocycles. The molecule has 3 rings (SSSR count). The third-order valence-electron chi connectivity index (χ3n) is 3.67. The Bertz CT molecular complexity index is 869. The Morgan fingerprint density at radius 1 is 1.32 bits per heavy atom. The van der Waals surface area contributed by atoms with E-state index in [4.69, 9.17) is 14.2 Å². The first-order valence-electron chi connectivity index (χ1n) is 7.50. The Morgan fingerprint density at radius 3 is 2.84 bits per heavy atom. The second-order valence-electron chi connectivity index (χ2n) is 5.36. The van der Waals surface area contributed by atoms with Gasteiger partial charge in [-0.25, -0.2) is 4.79 Å². The molecule has 0 saturated carbocycles. The Morgan fingerprint density at radius 2 is 2.08 bits per heavy atom. The Balaban J connectivity index is 1.76. The van der Waals surface area contributed by atoms with Gasteiger partial charge >= 0.3 is 5.97 Å². The van der Waals surface area contributed by atoms with Crippen LogP contribution >= 0.6 is 0 Å². The molecule has 1 amide bonds. The Kier molecular flexibility index (Phi) is 4.42. The van der Waals surface area contributed by atoms with Gasteiger partial charge in [0.2, 0.25) is 12.7 Å². The first-order chi connectivity index (χ1) is 12.0. The molecule has 8 nitrogen and oxygen atoms in total. The van der Waals surface area contributed by atoms with Crippen LogP contribution in [0.3, 0.4) is 0 Å². The van der Waals surface area contributed by atoms with Crippen molar-refractivity contribution in [2.75, 3.05) is 19.2 Å². The largest absolute Gasteiger partial charge is 0.464 e. The van der Waals surface area contributed by atoms with Gasteiger partial charge in [-0.2, -0.15) is 5.10 Å². The average molecular weight is 343 g/mol. The third-order valence-corrected chi connectivity index (χ3v) is 3.67. The summed E-state index contributed by atoms with van der Waals surface area (Å²) in [6, 6.07) is 5.37. The van der Waals surface area contributed by atoms with E-state index in [1.807, 2.05) is 6.07 Å². The van der Waals surface area contributed by atoms with Gasteiger partial charge in [0, 0.05) is 13.1 Å². The maximum Gasteiger partial charge on any atom is 0.358 e. The number of aromatic nitrogens is 2. The number of aryl methyl sites for hydroxylation is 2. The second-order valence-corrected chi connectivity index (χ2v) is 5.36. The number of esters is 1. The van der Waals surface area contributed by atoms with Crippen LogP contribution in [0, 0.1) is 6.92 Å². The van der Waals surface area contributed by atoms with E-state index in [2.05, 4.69) is 10.4 Å². The predicted octanol–water partition coefficient (Wildman–Crippen LogP) is 1.90. The van der Waals surface area contributed by atoms with Crippen LogP contribution in [0.15, 0.2) is 24.3 Å². The average Bonchev–Trinajstić information content (AvgIpc) is 3.16. The molecule has 1 aromatic carbocycles. The van der Waals surface area contributed by atoms with Crippen LogP contribution in [0.5, 0.6) is 11.5 Å². The number of carbonyl (C=O) groups is 2. The number of hydrogen-bond acceptors (Lipinski definition) is 6. The van der Waals surface area contributed by atoms with Crippen LogP contribution in [-0.2, 0) is 16.6 Å². The number of rotatable bonds is 4. The summed E-state index contributed by atoms with van der Waals surface area (Å²) in [7, 11) is 2.88. The molecule has 0 aliphatic carbocycles. The van der Waals surface area contributed by atoms with Gasteiger partial charge in [0.25, 0.3) is 0 Å². The molecule has 1 aromatic heterocycles. The zero-order valence-electron chi connectivity index (χ0n) is 14.0. The highest BCUT2D eigenvalue weighted by molar-refractivity contribution is 6.06. The molecule has 1 N–H and O–H groups in total. The second kappa shape index (κ2) is 6.68. The third kappa shape index (κ3) is 3.32. The topological polar surface area (TPSA) is 91.7 Å². The normalized spacial score (nSPS) is 12.4. The molecule has 8 heteroatoms. The van der Waals surface area contributed by atoms with Gasteiger partial charge in [-0.05, 0) is 30.7 Å². The van der Waals surface area contributed by atoms with Crippen molar-refractivity contribution in [3.05, 3.63) is 41.2 Å². The lowest BCUT2D eigenvalue weighted by Crippen LogP contribution is -2.15. The smallest absolute Gasteiger partial charge is 0.358 e. The van der Waals surface area contributed by atoms with Gasteiger partial charge in [0.15, 0.2) is 17.2 Å². The summed E-state index contributed by atoms with van der Waals surface area (Å²) in [6.45, 7) is 1.89. The number of ether oxygens (including phenoxy) is 3. The molecule has 0 saturated heterocycles. The number of benzene rings is 1. The lowest BCUT2D eigenvalue weighted by Gasteiger charge is -2.05. The number of amides is 1. The highest BCUT2D eigenvalue weighted by Gasteiger charge is 2.21. The van der Waals surface area contributed by atoms with Crippen LogP contribution in [0.25, 0.3) is 6.08 Å². The van der Waals surface area contributed by atoms with Crippen molar-refractivity contribution < 1.29 is 23.8 Å². The maximum absolute atomic E-state index is 12.2. The summed E-state index contributed by atoms with van der Waals surface area (Å²) >= 11 is 0. The molecular weight excluding hydrogens is 326 g/mol. The van der Waals surface area contributed by atoms with E-state index in [0.717, 1.165) is 5.56 Å². The number of hydrogen-bond donors (Lipinski definition) is 1. The van der Waals surface area contributed by atoms with Crippen molar-refractivity contribution in [3.63, 3.8) is 0 Å². The van der Waals surface area contributed by atoms with Gasteiger partial charge in [-0.1, -0.05) is 6.07 Å². The fraction of sp³-hybridized carbons (Fsp3) is 0.235. The lowest BCUT2D eigenvalue weighted by molar-refractivity contribution is -0.111. The zero-order valence-corrected chi connectivity index (χ0v) is 14.0. The lowest BCUT2D eigenvalue weighted by atomic mass is 10.2. The van der Waals surface area contributed by atoms with E-state index in [1.54, 1.807) is 32.2 Å².